The number of benzene rings is 1. The molecule has 1 unspecified atom stereocenters. The molecule has 2 rings (SSSR count). The van der Waals surface area contributed by atoms with Crippen LogP contribution in [0, 0.1) is 0 Å². The third kappa shape index (κ3) is 3.17. The van der Waals surface area contributed by atoms with Crippen molar-refractivity contribution in [2.75, 3.05) is 5.32 Å². The highest BCUT2D eigenvalue weighted by Gasteiger charge is 2.30. The van der Waals surface area contributed by atoms with E-state index in [2.05, 4.69) is 5.32 Å². The fourth-order valence-electron chi connectivity index (χ4n) is 1.48. The molecule has 4 nitrogen and oxygen atoms in total. The van der Waals surface area contributed by atoms with E-state index in [9.17, 15) is 14.4 Å². The number of para-hydroxylation sites is 1. The molecule has 6 heteroatoms. The first-order chi connectivity index (χ1) is 8.07. The van der Waals surface area contributed by atoms with Gasteiger partial charge in [0.15, 0.2) is 5.78 Å². The highest BCUT2D eigenvalue weighted by atomic mass is 32.1. The summed E-state index contributed by atoms with van der Waals surface area (Å²) in [5, 5.41) is 6.40. The first-order valence-corrected chi connectivity index (χ1v) is 7.59. The number of anilines is 1. The lowest BCUT2D eigenvalue weighted by atomic mass is 10.3. The van der Waals surface area contributed by atoms with Crippen molar-refractivity contribution in [2.24, 2.45) is 0 Å². The molecule has 1 aromatic carbocycles. The molecule has 0 fully saturated rings. The topological polar surface area (TPSA) is 69.6 Å². The van der Waals surface area contributed by atoms with E-state index in [1.165, 1.54) is 11.3 Å². The van der Waals surface area contributed by atoms with E-state index in [1.807, 2.05) is 18.2 Å². The Morgan fingerprint density at radius 1 is 1.18 bits per heavy atom. The van der Waals surface area contributed by atoms with E-state index in [4.69, 9.17) is 0 Å². The van der Waals surface area contributed by atoms with Gasteiger partial charge >= 0.3 is 7.60 Å². The van der Waals surface area contributed by atoms with Gasteiger partial charge in [0, 0.05) is 5.69 Å². The van der Waals surface area contributed by atoms with Gasteiger partial charge in [-0.1, -0.05) is 18.2 Å². The van der Waals surface area contributed by atoms with Gasteiger partial charge in [-0.2, -0.15) is 11.3 Å². The molecule has 0 saturated carbocycles. The predicted molar refractivity (Wildman–Crippen MR) is 69.2 cm³/mol. The van der Waals surface area contributed by atoms with Gasteiger partial charge in [0.05, 0.1) is 0 Å². The number of nitrogens with one attached hydrogen (secondary N) is 1. The van der Waals surface area contributed by atoms with Gasteiger partial charge in [-0.3, -0.25) is 4.57 Å². The predicted octanol–water partition coefficient (Wildman–Crippen LogP) is 3.04. The normalized spacial score (nSPS) is 13.3. The van der Waals surface area contributed by atoms with Crippen molar-refractivity contribution in [1.29, 1.82) is 0 Å². The second-order valence-electron chi connectivity index (χ2n) is 3.56. The molecule has 1 heterocycles. The minimum atomic E-state index is -4.23. The van der Waals surface area contributed by atoms with Crippen molar-refractivity contribution in [3.8, 4) is 0 Å². The maximum absolute atomic E-state index is 11.5. The molecule has 0 aliphatic rings. The van der Waals surface area contributed by atoms with E-state index in [0.29, 0.717) is 11.3 Å². The van der Waals surface area contributed by atoms with Gasteiger partial charge in [0.1, 0.15) is 0 Å². The maximum Gasteiger partial charge on any atom is 0.352 e. The van der Waals surface area contributed by atoms with E-state index in [-0.39, 0.29) is 0 Å². The Labute approximate surface area is 103 Å². The number of thiophene rings is 1. The van der Waals surface area contributed by atoms with Crippen LogP contribution in [-0.2, 0) is 4.57 Å². The van der Waals surface area contributed by atoms with Crippen LogP contribution in [0.15, 0.2) is 47.2 Å². The van der Waals surface area contributed by atoms with Crippen LogP contribution in [0.1, 0.15) is 11.3 Å². The Balaban J connectivity index is 2.27. The monoisotopic (exact) mass is 269 g/mol. The Bertz CT molecular complexity index is 509. The molecule has 1 aromatic heterocycles. The van der Waals surface area contributed by atoms with Gasteiger partial charge in [0.2, 0.25) is 0 Å². The second kappa shape index (κ2) is 5.02. The van der Waals surface area contributed by atoms with Gasteiger partial charge in [-0.05, 0) is 34.5 Å². The van der Waals surface area contributed by atoms with Crippen molar-refractivity contribution in [2.45, 2.75) is 5.78 Å². The van der Waals surface area contributed by atoms with Crippen LogP contribution >= 0.6 is 18.9 Å². The average Bonchev–Trinajstić information content (AvgIpc) is 2.79. The Morgan fingerprint density at radius 3 is 2.41 bits per heavy atom. The number of hydrogen-bond acceptors (Lipinski definition) is 3. The first-order valence-electron chi connectivity index (χ1n) is 4.96. The summed E-state index contributed by atoms with van der Waals surface area (Å²) >= 11 is 1.41. The van der Waals surface area contributed by atoms with Crippen LogP contribution in [0.25, 0.3) is 0 Å². The van der Waals surface area contributed by atoms with Crippen molar-refractivity contribution >= 4 is 24.6 Å². The summed E-state index contributed by atoms with van der Waals surface area (Å²) in [5.41, 5.74) is 1.29. The summed E-state index contributed by atoms with van der Waals surface area (Å²) in [7, 11) is -4.23. The molecular formula is C11H12NO3PS. The van der Waals surface area contributed by atoms with Crippen molar-refractivity contribution in [3.63, 3.8) is 0 Å². The molecule has 0 saturated heterocycles. The summed E-state index contributed by atoms with van der Waals surface area (Å²) in [6.45, 7) is 0. The zero-order valence-electron chi connectivity index (χ0n) is 8.85. The largest absolute Gasteiger partial charge is 0.368 e. The summed E-state index contributed by atoms with van der Waals surface area (Å²) in [4.78, 5) is 18.7. The molecule has 0 aliphatic heterocycles. The van der Waals surface area contributed by atoms with Crippen LogP contribution in [0.2, 0.25) is 0 Å². The Kier molecular flexibility index (Phi) is 3.64. The van der Waals surface area contributed by atoms with Crippen LogP contribution in [0.3, 0.4) is 0 Å². The summed E-state index contributed by atoms with van der Waals surface area (Å²) in [6.07, 6.45) is 0. The third-order valence-electron chi connectivity index (χ3n) is 2.27. The van der Waals surface area contributed by atoms with Crippen LogP contribution in [0.5, 0.6) is 0 Å². The quantitative estimate of drug-likeness (QED) is 0.746. The molecule has 0 aliphatic carbocycles. The molecule has 17 heavy (non-hydrogen) atoms. The highest BCUT2D eigenvalue weighted by molar-refractivity contribution is 7.52. The molecule has 3 N–H and O–H groups in total. The van der Waals surface area contributed by atoms with Crippen LogP contribution in [-0.4, -0.2) is 9.79 Å². The van der Waals surface area contributed by atoms with Crippen molar-refractivity contribution < 1.29 is 14.4 Å². The molecular weight excluding hydrogens is 257 g/mol. The lowest BCUT2D eigenvalue weighted by Crippen LogP contribution is -2.10. The molecule has 0 spiro atoms. The fraction of sp³-hybridized carbons (Fsp3) is 0.0909. The highest BCUT2D eigenvalue weighted by Crippen LogP contribution is 2.52. The first kappa shape index (κ1) is 12.3. The van der Waals surface area contributed by atoms with E-state index >= 15 is 0 Å². The zero-order chi connectivity index (χ0) is 12.3. The molecule has 90 valence electrons. The van der Waals surface area contributed by atoms with Gasteiger partial charge in [-0.15, -0.1) is 0 Å². The van der Waals surface area contributed by atoms with E-state index in [0.717, 1.165) is 0 Å². The number of hydrogen-bond donors (Lipinski definition) is 3. The van der Waals surface area contributed by atoms with Crippen molar-refractivity contribution in [3.05, 3.63) is 52.7 Å². The third-order valence-corrected chi connectivity index (χ3v) is 4.07. The summed E-state index contributed by atoms with van der Waals surface area (Å²) in [5.74, 6) is -0.990. The van der Waals surface area contributed by atoms with Gasteiger partial charge < -0.3 is 15.1 Å². The Morgan fingerprint density at radius 2 is 1.88 bits per heavy atom. The lowest BCUT2D eigenvalue weighted by Gasteiger charge is -2.20. The lowest BCUT2D eigenvalue weighted by molar-refractivity contribution is 0.363. The van der Waals surface area contributed by atoms with E-state index < -0.39 is 13.4 Å². The van der Waals surface area contributed by atoms with E-state index in [1.54, 1.807) is 29.0 Å². The van der Waals surface area contributed by atoms with Gasteiger partial charge in [0.25, 0.3) is 0 Å². The Hall–Kier alpha value is -1.13. The standard InChI is InChI=1S/C11H12NO3PS/c13-16(14,15)11(9-6-7-17-8-9)12-10-4-2-1-3-5-10/h1-8,11-12H,(H2,13,14,15). The molecule has 2 aromatic rings. The maximum atomic E-state index is 11.5. The minimum absolute atomic E-state index is 0.604. The summed E-state index contributed by atoms with van der Waals surface area (Å²) < 4.78 is 11.5. The molecule has 0 radical (unpaired) electrons. The van der Waals surface area contributed by atoms with Crippen molar-refractivity contribution in [1.82, 2.24) is 0 Å². The second-order valence-corrected chi connectivity index (χ2v) is 6.03. The number of rotatable bonds is 4. The molecule has 1 atom stereocenters. The van der Waals surface area contributed by atoms with Crippen LogP contribution in [0.4, 0.5) is 5.69 Å². The van der Waals surface area contributed by atoms with Gasteiger partial charge in [-0.25, -0.2) is 0 Å². The molecule has 0 bridgehead atoms. The zero-order valence-corrected chi connectivity index (χ0v) is 10.6. The smallest absolute Gasteiger partial charge is 0.352 e. The summed E-state index contributed by atoms with van der Waals surface area (Å²) in [6, 6.07) is 10.7. The fourth-order valence-corrected chi connectivity index (χ4v) is 3.14. The molecule has 0 amide bonds. The average molecular weight is 269 g/mol. The minimum Gasteiger partial charge on any atom is -0.368 e. The van der Waals surface area contributed by atoms with Crippen LogP contribution < -0.4 is 5.32 Å². The SMILES string of the molecule is O=P(O)(O)C(Nc1ccccc1)c1ccsc1.